The monoisotopic (exact) mass is 336 g/mol. The van der Waals surface area contributed by atoms with E-state index in [1.807, 2.05) is 0 Å². The molecule has 0 saturated carbocycles. The van der Waals surface area contributed by atoms with Crippen molar-refractivity contribution in [3.05, 3.63) is 0 Å². The molecule has 0 aliphatic heterocycles. The second-order valence-electron chi connectivity index (χ2n) is 0.848. The van der Waals surface area contributed by atoms with Crippen LogP contribution in [0, 0.1) is 0 Å². The summed E-state index contributed by atoms with van der Waals surface area (Å²) in [7, 11) is 0. The van der Waals surface area contributed by atoms with E-state index in [1.54, 1.807) is 0 Å². The molecule has 0 aliphatic carbocycles. The Morgan fingerprint density at radius 3 is 0.500 bits per heavy atom. The third-order valence-electron chi connectivity index (χ3n) is 0. The molecule has 0 saturated heterocycles. The summed E-state index contributed by atoms with van der Waals surface area (Å²) in [6.07, 6.45) is -5.50. The Morgan fingerprint density at radius 2 is 0.500 bits per heavy atom. The van der Waals surface area contributed by atoms with Gasteiger partial charge in [0.2, 0.25) is 0 Å². The van der Waals surface area contributed by atoms with Crippen molar-refractivity contribution in [2.24, 2.45) is 0 Å². The Hall–Kier alpha value is -1.07. The fraction of sp³-hybridized carbons (Fsp3) is 0. The summed E-state index contributed by atoms with van der Waals surface area (Å²) < 4.78 is 0. The summed E-state index contributed by atoms with van der Waals surface area (Å²) in [6.45, 7) is 0. The van der Waals surface area contributed by atoms with Gasteiger partial charge in [-0.1, -0.05) is 0 Å². The summed E-state index contributed by atoms with van der Waals surface area (Å²) in [5.41, 5.74) is 0. The number of hydrogen-bond donors (Lipinski definition) is 6. The van der Waals surface area contributed by atoms with E-state index < -0.39 is 18.5 Å². The van der Waals surface area contributed by atoms with E-state index in [9.17, 15) is 0 Å². The zero-order valence-electron chi connectivity index (χ0n) is 6.30. The van der Waals surface area contributed by atoms with Crippen LogP contribution < -0.4 is 0 Å². The van der Waals surface area contributed by atoms with Crippen LogP contribution in [0.15, 0.2) is 0 Å². The maximum atomic E-state index is 8.56. The first-order chi connectivity index (χ1) is 5.20. The molecule has 0 rings (SSSR count). The molecule has 14 heavy (non-hydrogen) atoms. The molecule has 0 aromatic rings. The number of hydrogen-bond acceptors (Lipinski definition) is 3. The van der Waals surface area contributed by atoms with E-state index >= 15 is 0 Å². The first-order valence-corrected chi connectivity index (χ1v) is 1.95. The van der Waals surface area contributed by atoms with Crippen molar-refractivity contribution in [3.8, 4) is 0 Å². The van der Waals surface area contributed by atoms with Crippen molar-refractivity contribution in [2.45, 2.75) is 0 Å². The van der Waals surface area contributed by atoms with Gasteiger partial charge < -0.3 is 30.6 Å². The minimum Gasteiger partial charge on any atom is -0.450 e. The molecule has 0 heterocycles. The van der Waals surface area contributed by atoms with E-state index in [-0.39, 0.29) is 35.9 Å². The zero-order chi connectivity index (χ0) is 10.7. The maximum Gasteiger partial charge on any atom is 0.503 e. The van der Waals surface area contributed by atoms with Gasteiger partial charge in [0, 0.05) is 35.9 Å². The van der Waals surface area contributed by atoms with E-state index in [2.05, 4.69) is 0 Å². The standard InChI is InChI=1S/3CH2O3.2As/c3*2-1(3)4;;/h3*(H2,2,3,4);;. The van der Waals surface area contributed by atoms with Gasteiger partial charge >= 0.3 is 18.5 Å². The van der Waals surface area contributed by atoms with Crippen molar-refractivity contribution in [1.29, 1.82) is 0 Å². The number of carboxylic acid groups (broad SMARTS) is 6. The zero-order valence-corrected chi connectivity index (χ0v) is 10.1. The summed E-state index contributed by atoms with van der Waals surface area (Å²) in [4.78, 5) is 25.7. The molecule has 0 fully saturated rings. The normalized spacial score (nSPS) is 5.14. The average Bonchev–Trinajstić information content (AvgIpc) is 1.54. The Kier molecular flexibility index (Phi) is 47.4. The van der Waals surface area contributed by atoms with Crippen molar-refractivity contribution in [1.82, 2.24) is 0 Å². The van der Waals surface area contributed by atoms with Gasteiger partial charge in [0.05, 0.1) is 0 Å². The Labute approximate surface area is 99.6 Å². The first-order valence-electron chi connectivity index (χ1n) is 1.95. The van der Waals surface area contributed by atoms with Crippen LogP contribution in [0.4, 0.5) is 14.4 Å². The predicted molar refractivity (Wildman–Crippen MR) is 43.5 cm³/mol. The van der Waals surface area contributed by atoms with Gasteiger partial charge in [0.1, 0.15) is 0 Å². The van der Waals surface area contributed by atoms with Gasteiger partial charge in [-0.3, -0.25) is 0 Å². The average molecular weight is 336 g/mol. The Bertz CT molecular complexity index is 116. The predicted octanol–water partition coefficient (Wildman–Crippen LogP) is -0.0944. The van der Waals surface area contributed by atoms with Gasteiger partial charge in [-0.2, -0.15) is 0 Å². The first kappa shape index (κ1) is 29.3. The molecular weight excluding hydrogens is 330 g/mol. The Morgan fingerprint density at radius 1 is 0.500 bits per heavy atom. The largest absolute Gasteiger partial charge is 0.503 e. The fourth-order valence-electron chi connectivity index (χ4n) is 0. The van der Waals surface area contributed by atoms with E-state index in [4.69, 9.17) is 45.0 Å². The van der Waals surface area contributed by atoms with Crippen molar-refractivity contribution in [3.63, 3.8) is 0 Å². The summed E-state index contributed by atoms with van der Waals surface area (Å²) in [6, 6.07) is 0. The summed E-state index contributed by atoms with van der Waals surface area (Å²) >= 11 is 0. The quantitative estimate of drug-likeness (QED) is 0.330. The minimum absolute atomic E-state index is 0. The molecule has 9 nitrogen and oxygen atoms in total. The van der Waals surface area contributed by atoms with Crippen molar-refractivity contribution in [2.75, 3.05) is 0 Å². The molecule has 0 atom stereocenters. The molecule has 0 amide bonds. The van der Waals surface area contributed by atoms with Crippen LogP contribution in [0.2, 0.25) is 0 Å². The van der Waals surface area contributed by atoms with Crippen LogP contribution >= 0.6 is 0 Å². The molecule has 82 valence electrons. The van der Waals surface area contributed by atoms with E-state index in [0.29, 0.717) is 0 Å². The molecule has 0 aliphatic rings. The Balaban J connectivity index is -0.0000000270. The second-order valence-corrected chi connectivity index (χ2v) is 0.848. The van der Waals surface area contributed by atoms with E-state index in [1.165, 1.54) is 0 Å². The van der Waals surface area contributed by atoms with Crippen LogP contribution in [-0.4, -0.2) is 85.0 Å². The summed E-state index contributed by atoms with van der Waals surface area (Å²) in [5, 5.41) is 41.8. The molecule has 11 heteroatoms. The van der Waals surface area contributed by atoms with E-state index in [0.717, 1.165) is 0 Å². The number of rotatable bonds is 0. The van der Waals surface area contributed by atoms with Crippen LogP contribution in [0.5, 0.6) is 0 Å². The molecule has 0 bridgehead atoms. The molecule has 6 radical (unpaired) electrons. The topological polar surface area (TPSA) is 173 Å². The molecule has 0 aromatic heterocycles. The van der Waals surface area contributed by atoms with Crippen LogP contribution in [0.3, 0.4) is 0 Å². The van der Waals surface area contributed by atoms with Crippen LogP contribution in [-0.2, 0) is 0 Å². The van der Waals surface area contributed by atoms with Gasteiger partial charge in [-0.25, -0.2) is 14.4 Å². The third-order valence-corrected chi connectivity index (χ3v) is 0. The number of carbonyl (C=O) groups is 3. The van der Waals surface area contributed by atoms with Crippen molar-refractivity contribution >= 4 is 54.4 Å². The van der Waals surface area contributed by atoms with Gasteiger partial charge in [-0.15, -0.1) is 0 Å². The van der Waals surface area contributed by atoms with Gasteiger partial charge in [0.15, 0.2) is 0 Å². The molecule has 0 aromatic carbocycles. The minimum atomic E-state index is -1.83. The molecule has 0 unspecified atom stereocenters. The third kappa shape index (κ3) is 935. The molecule has 6 N–H and O–H groups in total. The summed E-state index contributed by atoms with van der Waals surface area (Å²) in [5.74, 6) is 0. The molecule has 0 spiro atoms. The molecular formula is C3H6As2O9. The van der Waals surface area contributed by atoms with Gasteiger partial charge in [0.25, 0.3) is 0 Å². The fourth-order valence-corrected chi connectivity index (χ4v) is 0. The maximum absolute atomic E-state index is 8.56. The van der Waals surface area contributed by atoms with Gasteiger partial charge in [-0.05, 0) is 0 Å². The SMILES string of the molecule is O=C(O)O.O=C(O)O.O=C(O)O.[As].[As]. The van der Waals surface area contributed by atoms with Crippen LogP contribution in [0.1, 0.15) is 0 Å². The smallest absolute Gasteiger partial charge is 0.450 e. The van der Waals surface area contributed by atoms with Crippen molar-refractivity contribution < 1.29 is 45.0 Å². The second kappa shape index (κ2) is 22.7. The van der Waals surface area contributed by atoms with Crippen LogP contribution in [0.25, 0.3) is 0 Å².